The molecule has 0 amide bonds. The topological polar surface area (TPSA) is 19.6 Å². The Morgan fingerprint density at radius 3 is 2.17 bits per heavy atom. The van der Waals surface area contributed by atoms with Gasteiger partial charge < -0.3 is 14.1 Å². The van der Waals surface area contributed by atoms with Crippen molar-refractivity contribution in [3.63, 3.8) is 0 Å². The van der Waals surface area contributed by atoms with Crippen molar-refractivity contribution in [2.24, 2.45) is 0 Å². The van der Waals surface area contributed by atoms with Gasteiger partial charge in [0.2, 0.25) is 0 Å². The monoisotopic (exact) mass is 682 g/mol. The molecule has 0 radical (unpaired) electrons. The van der Waals surface area contributed by atoms with Crippen LogP contribution in [0.3, 0.4) is 0 Å². The minimum Gasteiger partial charge on any atom is -0.456 e. The number of furan rings is 1. The van der Waals surface area contributed by atoms with Crippen molar-refractivity contribution >= 4 is 62.5 Å². The van der Waals surface area contributed by atoms with Gasteiger partial charge >= 0.3 is 6.85 Å². The quantitative estimate of drug-likeness (QED) is 0.161. The summed E-state index contributed by atoms with van der Waals surface area (Å²) in [5, 5.41) is 2.36. The normalized spacial score (nSPS) is 21.8. The van der Waals surface area contributed by atoms with Gasteiger partial charge in [0.25, 0.3) is 0 Å². The molecule has 2 unspecified atom stereocenters. The van der Waals surface area contributed by atoms with E-state index in [0.717, 1.165) is 11.2 Å². The van der Waals surface area contributed by atoms with Crippen LogP contribution in [0.25, 0.3) is 33.1 Å². The van der Waals surface area contributed by atoms with Crippen molar-refractivity contribution in [1.82, 2.24) is 0 Å². The lowest BCUT2D eigenvalue weighted by Crippen LogP contribution is -2.64. The molecule has 1 saturated carbocycles. The van der Waals surface area contributed by atoms with Gasteiger partial charge in [-0.3, -0.25) is 0 Å². The first-order chi connectivity index (χ1) is 24.6. The summed E-state index contributed by atoms with van der Waals surface area (Å²) in [4.78, 5) is 5.56. The van der Waals surface area contributed by atoms with E-state index in [1.54, 1.807) is 5.56 Å². The Balaban J connectivity index is 1.37. The highest BCUT2D eigenvalue weighted by Crippen LogP contribution is 2.62. The second-order valence-corrected chi connectivity index (χ2v) is 19.1. The van der Waals surface area contributed by atoms with Crippen molar-refractivity contribution < 1.29 is 4.42 Å². The zero-order chi connectivity index (χ0) is 36.3. The molecule has 5 aromatic carbocycles. The molecular formula is C48H51BN2O. The van der Waals surface area contributed by atoms with E-state index >= 15 is 0 Å². The van der Waals surface area contributed by atoms with Gasteiger partial charge in [-0.25, -0.2) is 0 Å². The smallest absolute Gasteiger partial charge is 0.333 e. The SMILES string of the molecule is Cc1cc2c3c(c1)N1c4c(cc(C(C)(C)C)cc4C4(C)CCCCC14C)B3N(c1ccc(C(C)(C)C)cc1C)c1cc3oc4ccccc4c3cc1-2. The fraction of sp³-hybridized carbons (Fsp3) is 0.375. The van der Waals surface area contributed by atoms with Crippen molar-refractivity contribution in [2.75, 3.05) is 9.71 Å². The minimum absolute atomic E-state index is 0.00846. The average molecular weight is 683 g/mol. The summed E-state index contributed by atoms with van der Waals surface area (Å²) < 4.78 is 6.65. The van der Waals surface area contributed by atoms with Gasteiger partial charge in [0, 0.05) is 50.6 Å². The van der Waals surface area contributed by atoms with Crippen LogP contribution in [0, 0.1) is 13.8 Å². The number of para-hydroxylation sites is 1. The molecule has 0 N–H and O–H groups in total. The Morgan fingerprint density at radius 2 is 1.42 bits per heavy atom. The van der Waals surface area contributed by atoms with Crippen LogP contribution in [-0.2, 0) is 16.2 Å². The summed E-state index contributed by atoms with van der Waals surface area (Å²) in [6.07, 6.45) is 4.98. The molecule has 1 aliphatic carbocycles. The largest absolute Gasteiger partial charge is 0.456 e. The summed E-state index contributed by atoms with van der Waals surface area (Å²) in [7, 11) is 0. The van der Waals surface area contributed by atoms with Crippen LogP contribution in [0.5, 0.6) is 0 Å². The lowest BCUT2D eigenvalue weighted by molar-refractivity contribution is 0.195. The summed E-state index contributed by atoms with van der Waals surface area (Å²) >= 11 is 0. The molecule has 6 aromatic rings. The Labute approximate surface area is 310 Å². The second-order valence-electron chi connectivity index (χ2n) is 19.1. The van der Waals surface area contributed by atoms with Gasteiger partial charge in [-0.2, -0.15) is 0 Å². The molecule has 3 nitrogen and oxygen atoms in total. The number of aryl methyl sites for hydroxylation is 2. The number of rotatable bonds is 1. The van der Waals surface area contributed by atoms with Crippen molar-refractivity contribution in [3.05, 3.63) is 107 Å². The van der Waals surface area contributed by atoms with E-state index in [4.69, 9.17) is 4.42 Å². The molecule has 0 saturated heterocycles. The van der Waals surface area contributed by atoms with Gasteiger partial charge in [0.05, 0.1) is 5.54 Å². The lowest BCUT2D eigenvalue weighted by Gasteiger charge is -2.53. The highest BCUT2D eigenvalue weighted by molar-refractivity contribution is 6.93. The molecule has 3 aliphatic heterocycles. The van der Waals surface area contributed by atoms with Gasteiger partial charge in [-0.05, 0) is 113 Å². The van der Waals surface area contributed by atoms with E-state index in [2.05, 4.69) is 158 Å². The van der Waals surface area contributed by atoms with Crippen molar-refractivity contribution in [2.45, 2.75) is 117 Å². The molecule has 10 rings (SSSR count). The molecular weight excluding hydrogens is 631 g/mol. The molecule has 1 fully saturated rings. The number of nitrogens with zero attached hydrogens (tertiary/aromatic N) is 2. The van der Waals surface area contributed by atoms with Crippen molar-refractivity contribution in [3.8, 4) is 11.1 Å². The van der Waals surface area contributed by atoms with E-state index < -0.39 is 0 Å². The van der Waals surface area contributed by atoms with Gasteiger partial charge in [-0.15, -0.1) is 0 Å². The number of anilines is 4. The zero-order valence-corrected chi connectivity index (χ0v) is 32.7. The molecule has 52 heavy (non-hydrogen) atoms. The van der Waals surface area contributed by atoms with E-state index in [1.807, 2.05) is 0 Å². The van der Waals surface area contributed by atoms with Gasteiger partial charge in [0.1, 0.15) is 11.2 Å². The first-order valence-electron chi connectivity index (χ1n) is 19.6. The maximum absolute atomic E-state index is 6.65. The predicted octanol–water partition coefficient (Wildman–Crippen LogP) is 11.8. The number of fused-ring (bicyclic) bond motifs is 10. The van der Waals surface area contributed by atoms with Crippen LogP contribution in [0.1, 0.15) is 109 Å². The van der Waals surface area contributed by atoms with Gasteiger partial charge in [-0.1, -0.05) is 110 Å². The molecule has 2 atom stereocenters. The summed E-state index contributed by atoms with van der Waals surface area (Å²) in [5.74, 6) is 0. The standard InChI is InChI=1S/C48H51BN2O/c1-28-21-35-33-26-34-32-15-11-12-16-41(32)52-42(34)27-39(33)51(38-18-17-30(23-29(38)2)45(3,4)5)49-37-25-31(46(6,7)8)24-36-44(37)50(40(22-28)43(35)49)48(10)20-14-13-19-47(36,48)9/h11-12,15-18,21-27H,13-14,19-20H2,1-10H3. The lowest BCUT2D eigenvalue weighted by atomic mass is 9.43. The molecule has 1 aromatic heterocycles. The van der Waals surface area contributed by atoms with Crippen LogP contribution < -0.4 is 20.6 Å². The number of hydrogen-bond acceptors (Lipinski definition) is 3. The Bertz CT molecular complexity index is 2530. The van der Waals surface area contributed by atoms with Crippen LogP contribution in [0.2, 0.25) is 0 Å². The molecule has 4 heteroatoms. The van der Waals surface area contributed by atoms with E-state index in [1.165, 1.54) is 104 Å². The van der Waals surface area contributed by atoms with E-state index in [9.17, 15) is 0 Å². The second kappa shape index (κ2) is 10.2. The van der Waals surface area contributed by atoms with Crippen LogP contribution in [0.15, 0.2) is 83.3 Å². The molecule has 4 aliphatic rings. The van der Waals surface area contributed by atoms with Crippen LogP contribution in [-0.4, -0.2) is 12.4 Å². The maximum atomic E-state index is 6.65. The molecule has 0 bridgehead atoms. The average Bonchev–Trinajstić information content (AvgIpc) is 3.55. The third kappa shape index (κ3) is 4.05. The molecule has 0 spiro atoms. The van der Waals surface area contributed by atoms with E-state index in [0.29, 0.717) is 0 Å². The Kier molecular flexibility index (Phi) is 6.30. The fourth-order valence-corrected chi connectivity index (χ4v) is 10.8. The first-order valence-corrected chi connectivity index (χ1v) is 19.6. The Morgan fingerprint density at radius 1 is 0.673 bits per heavy atom. The summed E-state index contributed by atoms with van der Waals surface area (Å²) in [5.41, 5.74) is 19.9. The first kappa shape index (κ1) is 32.2. The Hall–Kier alpha value is -4.44. The minimum atomic E-state index is -0.00846. The highest BCUT2D eigenvalue weighted by atomic mass is 16.3. The number of hydrogen-bond donors (Lipinski definition) is 0. The fourth-order valence-electron chi connectivity index (χ4n) is 10.8. The zero-order valence-electron chi connectivity index (χ0n) is 32.7. The summed E-state index contributed by atoms with van der Waals surface area (Å²) in [6, 6.07) is 30.7. The van der Waals surface area contributed by atoms with Crippen LogP contribution in [0.4, 0.5) is 22.7 Å². The van der Waals surface area contributed by atoms with E-state index in [-0.39, 0.29) is 28.6 Å². The van der Waals surface area contributed by atoms with Crippen LogP contribution >= 0.6 is 0 Å². The molecule has 4 heterocycles. The maximum Gasteiger partial charge on any atom is 0.333 e. The molecule has 262 valence electrons. The predicted molar refractivity (Wildman–Crippen MR) is 222 cm³/mol. The third-order valence-corrected chi connectivity index (χ3v) is 13.8. The van der Waals surface area contributed by atoms with Crippen molar-refractivity contribution in [1.29, 1.82) is 0 Å². The van der Waals surface area contributed by atoms with Gasteiger partial charge in [0.15, 0.2) is 0 Å². The number of benzene rings is 5. The summed E-state index contributed by atoms with van der Waals surface area (Å²) in [6.45, 7) is 23.9. The highest BCUT2D eigenvalue weighted by Gasteiger charge is 2.62. The third-order valence-electron chi connectivity index (χ3n) is 13.8.